The molecule has 3 nitrogen and oxygen atoms in total. The molecule has 0 bridgehead atoms. The lowest BCUT2D eigenvalue weighted by molar-refractivity contribution is 0.0567. The van der Waals surface area contributed by atoms with E-state index >= 15 is 0 Å². The van der Waals surface area contributed by atoms with Crippen LogP contribution in [-0.2, 0) is 4.74 Å². The van der Waals surface area contributed by atoms with E-state index in [-0.39, 0.29) is 18.2 Å². The van der Waals surface area contributed by atoms with Crippen molar-refractivity contribution in [3.63, 3.8) is 0 Å². The molecular weight excluding hydrogens is 226 g/mol. The normalized spacial score (nSPS) is 29.2. The fraction of sp³-hybridized carbons (Fsp3) is 0.600. The van der Waals surface area contributed by atoms with Crippen molar-refractivity contribution >= 4 is 0 Å². The average Bonchev–Trinajstić information content (AvgIpc) is 2.73. The van der Waals surface area contributed by atoms with Crippen LogP contribution in [0.5, 0.6) is 5.75 Å². The number of nitrogens with two attached hydrogens (primary N) is 1. The van der Waals surface area contributed by atoms with E-state index in [2.05, 4.69) is 13.8 Å². The maximum atomic E-state index is 6.25. The Morgan fingerprint density at radius 1 is 1.44 bits per heavy atom. The van der Waals surface area contributed by atoms with Crippen LogP contribution in [0.3, 0.4) is 0 Å². The van der Waals surface area contributed by atoms with E-state index < -0.39 is 0 Å². The molecule has 4 atom stereocenters. The second-order valence-electron chi connectivity index (χ2n) is 5.18. The zero-order valence-electron chi connectivity index (χ0n) is 11.4. The maximum absolute atomic E-state index is 6.25. The Hall–Kier alpha value is -1.06. The van der Waals surface area contributed by atoms with Crippen LogP contribution in [0.4, 0.5) is 0 Å². The van der Waals surface area contributed by atoms with Crippen LogP contribution in [0.2, 0.25) is 0 Å². The van der Waals surface area contributed by atoms with Gasteiger partial charge in [0.1, 0.15) is 11.9 Å². The van der Waals surface area contributed by atoms with Crippen LogP contribution in [0.1, 0.15) is 25.8 Å². The molecule has 1 saturated heterocycles. The number of ether oxygens (including phenoxy) is 2. The van der Waals surface area contributed by atoms with Crippen molar-refractivity contribution < 1.29 is 9.47 Å². The van der Waals surface area contributed by atoms with Crippen molar-refractivity contribution in [2.45, 2.75) is 45.4 Å². The van der Waals surface area contributed by atoms with Gasteiger partial charge in [-0.3, -0.25) is 0 Å². The van der Waals surface area contributed by atoms with Gasteiger partial charge in [-0.1, -0.05) is 38.5 Å². The zero-order chi connectivity index (χ0) is 13.1. The molecule has 4 unspecified atom stereocenters. The predicted octanol–water partition coefficient (Wildman–Crippen LogP) is 2.51. The Labute approximate surface area is 109 Å². The van der Waals surface area contributed by atoms with Crippen LogP contribution < -0.4 is 10.5 Å². The summed E-state index contributed by atoms with van der Waals surface area (Å²) in [5, 5.41) is 0. The lowest BCUT2D eigenvalue weighted by atomic mass is 9.95. The van der Waals surface area contributed by atoms with E-state index in [9.17, 15) is 0 Å². The number of benzene rings is 1. The van der Waals surface area contributed by atoms with E-state index in [1.165, 1.54) is 0 Å². The standard InChI is InChI=1S/C15H23NO2/c1-4-10(2)15-14(16)13(9-17-15)18-12-8-6-5-7-11(12)3/h5-8,10,13-15H,4,9,16H2,1-3H3. The smallest absolute Gasteiger partial charge is 0.139 e. The van der Waals surface area contributed by atoms with Gasteiger partial charge in [0, 0.05) is 0 Å². The van der Waals surface area contributed by atoms with Crippen molar-refractivity contribution in [1.82, 2.24) is 0 Å². The van der Waals surface area contributed by atoms with E-state index in [4.69, 9.17) is 15.2 Å². The van der Waals surface area contributed by atoms with Gasteiger partial charge in [-0.05, 0) is 24.5 Å². The summed E-state index contributed by atoms with van der Waals surface area (Å²) < 4.78 is 11.8. The first-order valence-electron chi connectivity index (χ1n) is 6.73. The van der Waals surface area contributed by atoms with Gasteiger partial charge >= 0.3 is 0 Å². The van der Waals surface area contributed by atoms with Gasteiger partial charge in [0.15, 0.2) is 0 Å². The van der Waals surface area contributed by atoms with Crippen LogP contribution >= 0.6 is 0 Å². The highest BCUT2D eigenvalue weighted by Gasteiger charge is 2.38. The third-order valence-electron chi connectivity index (χ3n) is 3.84. The summed E-state index contributed by atoms with van der Waals surface area (Å²) in [6.07, 6.45) is 1.16. The van der Waals surface area contributed by atoms with E-state index in [1.54, 1.807) is 0 Å². The molecule has 1 aliphatic heterocycles. The zero-order valence-corrected chi connectivity index (χ0v) is 11.4. The minimum absolute atomic E-state index is 0.0369. The highest BCUT2D eigenvalue weighted by molar-refractivity contribution is 5.32. The van der Waals surface area contributed by atoms with Gasteiger partial charge in [0.25, 0.3) is 0 Å². The predicted molar refractivity (Wildman–Crippen MR) is 72.8 cm³/mol. The number of hydrogen-bond donors (Lipinski definition) is 1. The van der Waals surface area contributed by atoms with Gasteiger partial charge in [-0.2, -0.15) is 0 Å². The van der Waals surface area contributed by atoms with Crippen molar-refractivity contribution in [3.8, 4) is 5.75 Å². The molecule has 100 valence electrons. The highest BCUT2D eigenvalue weighted by Crippen LogP contribution is 2.26. The molecule has 0 saturated carbocycles. The fourth-order valence-corrected chi connectivity index (χ4v) is 2.38. The average molecular weight is 249 g/mol. The Morgan fingerprint density at radius 3 is 2.83 bits per heavy atom. The molecule has 0 radical (unpaired) electrons. The minimum Gasteiger partial charge on any atom is -0.486 e. The summed E-state index contributed by atoms with van der Waals surface area (Å²) in [5.41, 5.74) is 7.38. The first-order valence-corrected chi connectivity index (χ1v) is 6.73. The summed E-state index contributed by atoms with van der Waals surface area (Å²) >= 11 is 0. The fourth-order valence-electron chi connectivity index (χ4n) is 2.38. The summed E-state index contributed by atoms with van der Waals surface area (Å²) in [6, 6.07) is 7.98. The molecule has 1 aromatic rings. The van der Waals surface area contributed by atoms with Gasteiger partial charge in [-0.15, -0.1) is 0 Å². The van der Waals surface area contributed by atoms with Crippen LogP contribution in [0, 0.1) is 12.8 Å². The molecule has 1 aliphatic rings. The SMILES string of the molecule is CCC(C)C1OCC(Oc2ccccc2C)C1N. The van der Waals surface area contributed by atoms with Gasteiger partial charge in [0.2, 0.25) is 0 Å². The maximum Gasteiger partial charge on any atom is 0.139 e. The summed E-state index contributed by atoms with van der Waals surface area (Å²) in [4.78, 5) is 0. The summed E-state index contributed by atoms with van der Waals surface area (Å²) in [7, 11) is 0. The van der Waals surface area contributed by atoms with E-state index in [0.29, 0.717) is 12.5 Å². The lowest BCUT2D eigenvalue weighted by Gasteiger charge is -2.23. The molecule has 0 amide bonds. The third-order valence-corrected chi connectivity index (χ3v) is 3.84. The van der Waals surface area contributed by atoms with Gasteiger partial charge in [-0.25, -0.2) is 0 Å². The van der Waals surface area contributed by atoms with Crippen LogP contribution in [0.25, 0.3) is 0 Å². The molecule has 2 rings (SSSR count). The Bertz CT molecular complexity index is 394. The monoisotopic (exact) mass is 249 g/mol. The third kappa shape index (κ3) is 2.68. The van der Waals surface area contributed by atoms with Crippen LogP contribution in [-0.4, -0.2) is 24.9 Å². The number of para-hydroxylation sites is 1. The molecule has 0 aliphatic carbocycles. The molecule has 2 N–H and O–H groups in total. The number of aryl methyl sites for hydroxylation is 1. The molecule has 1 heterocycles. The molecule has 18 heavy (non-hydrogen) atoms. The van der Waals surface area contributed by atoms with Crippen molar-refractivity contribution in [2.24, 2.45) is 11.7 Å². The Morgan fingerprint density at radius 2 is 2.17 bits per heavy atom. The second kappa shape index (κ2) is 5.72. The molecule has 1 aromatic carbocycles. The van der Waals surface area contributed by atoms with Gasteiger partial charge < -0.3 is 15.2 Å². The molecule has 3 heteroatoms. The van der Waals surface area contributed by atoms with E-state index in [0.717, 1.165) is 17.7 Å². The molecular formula is C15H23NO2. The Kier molecular flexibility index (Phi) is 4.25. The largest absolute Gasteiger partial charge is 0.486 e. The van der Waals surface area contributed by atoms with E-state index in [1.807, 2.05) is 31.2 Å². The van der Waals surface area contributed by atoms with Crippen molar-refractivity contribution in [1.29, 1.82) is 0 Å². The summed E-state index contributed by atoms with van der Waals surface area (Å²) in [6.45, 7) is 6.98. The molecule has 1 fully saturated rings. The number of rotatable bonds is 4. The lowest BCUT2D eigenvalue weighted by Crippen LogP contribution is -2.44. The minimum atomic E-state index is -0.0421. The molecule has 0 aromatic heterocycles. The topological polar surface area (TPSA) is 44.5 Å². The van der Waals surface area contributed by atoms with Crippen molar-refractivity contribution in [3.05, 3.63) is 29.8 Å². The number of hydrogen-bond acceptors (Lipinski definition) is 3. The highest BCUT2D eigenvalue weighted by atomic mass is 16.6. The van der Waals surface area contributed by atoms with Crippen molar-refractivity contribution in [2.75, 3.05) is 6.61 Å². The first-order chi connectivity index (χ1) is 8.63. The van der Waals surface area contributed by atoms with Crippen LogP contribution in [0.15, 0.2) is 24.3 Å². The second-order valence-corrected chi connectivity index (χ2v) is 5.18. The Balaban J connectivity index is 2.02. The quantitative estimate of drug-likeness (QED) is 0.891. The first kappa shape index (κ1) is 13.4. The molecule has 0 spiro atoms. The summed E-state index contributed by atoms with van der Waals surface area (Å²) in [5.74, 6) is 1.39. The van der Waals surface area contributed by atoms with Gasteiger partial charge in [0.05, 0.1) is 18.8 Å².